The SMILES string of the molecule is CCC(=C(c1ccc(C=CC(=O)NC)cc1)c1ccc2[nH]ncc2c1)c1ccc(F)cc1Cl. The number of fused-ring (bicyclic) bond motifs is 1. The van der Waals surface area contributed by atoms with Crippen LogP contribution >= 0.6 is 11.6 Å². The first-order chi connectivity index (χ1) is 16.0. The molecule has 166 valence electrons. The van der Waals surface area contributed by atoms with E-state index in [0.717, 1.165) is 44.3 Å². The lowest BCUT2D eigenvalue weighted by Crippen LogP contribution is -2.13. The highest BCUT2D eigenvalue weighted by atomic mass is 35.5. The number of amides is 1. The van der Waals surface area contributed by atoms with Crippen molar-refractivity contribution >= 4 is 45.6 Å². The van der Waals surface area contributed by atoms with Gasteiger partial charge in [0.05, 0.1) is 16.7 Å². The maximum absolute atomic E-state index is 13.8. The Labute approximate surface area is 196 Å². The van der Waals surface area contributed by atoms with Gasteiger partial charge in [0, 0.05) is 18.5 Å². The second-order valence-corrected chi connectivity index (χ2v) is 7.98. The van der Waals surface area contributed by atoms with Crippen molar-refractivity contribution in [2.75, 3.05) is 7.05 Å². The molecule has 3 aromatic carbocycles. The largest absolute Gasteiger partial charge is 0.356 e. The van der Waals surface area contributed by atoms with E-state index in [9.17, 15) is 9.18 Å². The fourth-order valence-electron chi connectivity index (χ4n) is 3.87. The molecule has 33 heavy (non-hydrogen) atoms. The first kappa shape index (κ1) is 22.5. The molecule has 0 spiro atoms. The first-order valence-corrected chi connectivity index (χ1v) is 11.0. The smallest absolute Gasteiger partial charge is 0.243 e. The molecule has 1 aromatic heterocycles. The Hall–Kier alpha value is -3.70. The summed E-state index contributed by atoms with van der Waals surface area (Å²) in [7, 11) is 1.59. The summed E-state index contributed by atoms with van der Waals surface area (Å²) in [5, 5.41) is 11.1. The van der Waals surface area contributed by atoms with E-state index in [1.807, 2.05) is 36.4 Å². The van der Waals surface area contributed by atoms with Gasteiger partial charge in [0.15, 0.2) is 0 Å². The molecule has 0 fully saturated rings. The highest BCUT2D eigenvalue weighted by molar-refractivity contribution is 6.32. The number of aromatic amines is 1. The summed E-state index contributed by atoms with van der Waals surface area (Å²) in [6.07, 6.45) is 5.75. The van der Waals surface area contributed by atoms with Crippen LogP contribution in [-0.2, 0) is 4.79 Å². The Morgan fingerprint density at radius 1 is 1.09 bits per heavy atom. The molecule has 0 aliphatic heterocycles. The van der Waals surface area contributed by atoms with E-state index in [1.165, 1.54) is 18.2 Å². The molecular formula is C27H23ClFN3O. The van der Waals surface area contributed by atoms with Gasteiger partial charge >= 0.3 is 0 Å². The molecule has 4 nitrogen and oxygen atoms in total. The van der Waals surface area contributed by atoms with E-state index < -0.39 is 0 Å². The summed E-state index contributed by atoms with van der Waals surface area (Å²) in [4.78, 5) is 11.5. The molecule has 2 N–H and O–H groups in total. The summed E-state index contributed by atoms with van der Waals surface area (Å²) in [6.45, 7) is 2.06. The molecule has 0 saturated carbocycles. The lowest BCUT2D eigenvalue weighted by Gasteiger charge is -2.18. The van der Waals surface area contributed by atoms with Crippen molar-refractivity contribution in [3.63, 3.8) is 0 Å². The average molecular weight is 460 g/mol. The van der Waals surface area contributed by atoms with E-state index >= 15 is 0 Å². The number of H-pyrrole nitrogens is 1. The van der Waals surface area contributed by atoms with Gasteiger partial charge in [-0.1, -0.05) is 54.9 Å². The van der Waals surface area contributed by atoms with Gasteiger partial charge in [0.2, 0.25) is 5.91 Å². The zero-order valence-electron chi connectivity index (χ0n) is 18.3. The number of nitrogens with one attached hydrogen (secondary N) is 2. The van der Waals surface area contributed by atoms with Crippen LogP contribution in [0.1, 0.15) is 35.6 Å². The second-order valence-electron chi connectivity index (χ2n) is 7.57. The van der Waals surface area contributed by atoms with E-state index in [2.05, 4.69) is 28.5 Å². The fraction of sp³-hybridized carbons (Fsp3) is 0.111. The van der Waals surface area contributed by atoms with Crippen LogP contribution in [0.15, 0.2) is 72.9 Å². The predicted octanol–water partition coefficient (Wildman–Crippen LogP) is 6.48. The number of aromatic nitrogens is 2. The third-order valence-corrected chi connectivity index (χ3v) is 5.83. The van der Waals surface area contributed by atoms with Gasteiger partial charge in [-0.15, -0.1) is 0 Å². The maximum atomic E-state index is 13.8. The van der Waals surface area contributed by atoms with Crippen molar-refractivity contribution in [2.45, 2.75) is 13.3 Å². The van der Waals surface area contributed by atoms with E-state index in [1.54, 1.807) is 25.4 Å². The van der Waals surface area contributed by atoms with Crippen LogP contribution in [0.2, 0.25) is 5.02 Å². The maximum Gasteiger partial charge on any atom is 0.243 e. The predicted molar refractivity (Wildman–Crippen MR) is 133 cm³/mol. The molecule has 0 unspecified atom stereocenters. The summed E-state index contributed by atoms with van der Waals surface area (Å²) in [5.74, 6) is -0.528. The molecule has 0 radical (unpaired) electrons. The molecule has 0 saturated heterocycles. The molecule has 6 heteroatoms. The number of allylic oxidation sites excluding steroid dienone is 1. The Morgan fingerprint density at radius 3 is 2.55 bits per heavy atom. The molecule has 0 bridgehead atoms. The summed E-state index contributed by atoms with van der Waals surface area (Å²) in [5.41, 5.74) is 6.68. The van der Waals surface area contributed by atoms with Gasteiger partial charge in [0.25, 0.3) is 0 Å². The number of hydrogen-bond donors (Lipinski definition) is 2. The molecular weight excluding hydrogens is 437 g/mol. The number of nitrogens with zero attached hydrogens (tertiary/aromatic N) is 1. The van der Waals surface area contributed by atoms with Gasteiger partial charge in [-0.25, -0.2) is 4.39 Å². The Kier molecular flexibility index (Phi) is 6.71. The topological polar surface area (TPSA) is 57.8 Å². The van der Waals surface area contributed by atoms with Crippen LogP contribution in [0.25, 0.3) is 28.1 Å². The fourth-order valence-corrected chi connectivity index (χ4v) is 4.15. The Bertz CT molecular complexity index is 1370. The number of benzene rings is 3. The zero-order chi connectivity index (χ0) is 23.4. The zero-order valence-corrected chi connectivity index (χ0v) is 19.1. The van der Waals surface area contributed by atoms with Gasteiger partial charge in [-0.2, -0.15) is 5.10 Å². The van der Waals surface area contributed by atoms with Gasteiger partial charge < -0.3 is 5.32 Å². The third-order valence-electron chi connectivity index (χ3n) is 5.51. The lowest BCUT2D eigenvalue weighted by molar-refractivity contribution is -0.115. The molecule has 4 rings (SSSR count). The number of rotatable bonds is 6. The van der Waals surface area contributed by atoms with Gasteiger partial charge in [-0.05, 0) is 70.2 Å². The van der Waals surface area contributed by atoms with E-state index in [-0.39, 0.29) is 11.7 Å². The summed E-state index contributed by atoms with van der Waals surface area (Å²) >= 11 is 6.47. The molecule has 0 aliphatic rings. The van der Waals surface area contributed by atoms with Crippen LogP contribution in [0.3, 0.4) is 0 Å². The standard InChI is InChI=1S/C27H23ClFN3O/c1-3-22(23-11-10-21(29)15-24(23)28)27(19-9-12-25-20(14-19)16-31-32-25)18-7-4-17(5-8-18)6-13-26(33)30-2/h4-16H,3H2,1-2H3,(H,30,33)(H,31,32). The van der Waals surface area contributed by atoms with Gasteiger partial charge in [-0.3, -0.25) is 9.89 Å². The summed E-state index contributed by atoms with van der Waals surface area (Å²) in [6, 6.07) is 18.6. The van der Waals surface area contributed by atoms with Crippen molar-refractivity contribution in [3.8, 4) is 0 Å². The first-order valence-electron chi connectivity index (χ1n) is 10.6. The van der Waals surface area contributed by atoms with E-state index in [4.69, 9.17) is 11.6 Å². The Balaban J connectivity index is 1.90. The molecule has 1 amide bonds. The molecule has 4 aromatic rings. The number of carbonyl (C=O) groups excluding carboxylic acids is 1. The minimum absolute atomic E-state index is 0.160. The van der Waals surface area contributed by atoms with Crippen molar-refractivity contribution in [2.24, 2.45) is 0 Å². The Morgan fingerprint density at radius 2 is 1.85 bits per heavy atom. The minimum Gasteiger partial charge on any atom is -0.356 e. The average Bonchev–Trinajstić information content (AvgIpc) is 3.30. The van der Waals surface area contributed by atoms with Crippen LogP contribution in [0.5, 0.6) is 0 Å². The lowest BCUT2D eigenvalue weighted by atomic mass is 9.87. The van der Waals surface area contributed by atoms with Crippen LogP contribution in [0.4, 0.5) is 4.39 Å². The third kappa shape index (κ3) is 4.89. The molecule has 1 heterocycles. The molecule has 0 aliphatic carbocycles. The van der Waals surface area contributed by atoms with Crippen molar-refractivity contribution in [3.05, 3.63) is 106 Å². The van der Waals surface area contributed by atoms with Crippen molar-refractivity contribution in [1.82, 2.24) is 15.5 Å². The second kappa shape index (κ2) is 9.84. The highest BCUT2D eigenvalue weighted by Gasteiger charge is 2.16. The van der Waals surface area contributed by atoms with Crippen LogP contribution in [0, 0.1) is 5.82 Å². The van der Waals surface area contributed by atoms with Crippen LogP contribution < -0.4 is 5.32 Å². The molecule has 0 atom stereocenters. The minimum atomic E-state index is -0.368. The highest BCUT2D eigenvalue weighted by Crippen LogP contribution is 2.38. The van der Waals surface area contributed by atoms with Gasteiger partial charge in [0.1, 0.15) is 5.82 Å². The monoisotopic (exact) mass is 459 g/mol. The number of carbonyl (C=O) groups is 1. The van der Waals surface area contributed by atoms with E-state index in [0.29, 0.717) is 11.4 Å². The quantitative estimate of drug-likeness (QED) is 0.256. The van der Waals surface area contributed by atoms with Crippen molar-refractivity contribution < 1.29 is 9.18 Å². The normalized spacial score (nSPS) is 12.2. The van der Waals surface area contributed by atoms with Crippen LogP contribution in [-0.4, -0.2) is 23.2 Å². The number of likely N-dealkylation sites (N-methyl/N-ethyl adjacent to an activating group) is 1. The summed E-state index contributed by atoms with van der Waals surface area (Å²) < 4.78 is 13.8. The van der Waals surface area contributed by atoms with Crippen molar-refractivity contribution in [1.29, 1.82) is 0 Å². The number of halogens is 2. The number of hydrogen-bond acceptors (Lipinski definition) is 2.